The van der Waals surface area contributed by atoms with E-state index in [1.165, 1.54) is 17.6 Å². The Labute approximate surface area is 115 Å². The van der Waals surface area contributed by atoms with Crippen molar-refractivity contribution in [2.45, 2.75) is 13.0 Å². The van der Waals surface area contributed by atoms with Gasteiger partial charge in [0.25, 0.3) is 0 Å². The average Bonchev–Trinajstić information content (AvgIpc) is 2.55. The van der Waals surface area contributed by atoms with E-state index in [2.05, 4.69) is 10.3 Å². The van der Waals surface area contributed by atoms with Crippen LogP contribution in [0, 0.1) is 0 Å². The molecule has 1 N–H and O–H groups in total. The summed E-state index contributed by atoms with van der Waals surface area (Å²) in [5, 5.41) is 4.45. The molecule has 0 aliphatic heterocycles. The van der Waals surface area contributed by atoms with E-state index < -0.39 is 9.84 Å². The number of nitrogens with one attached hydrogen (secondary N) is 1. The Bertz CT molecular complexity index is 667. The van der Waals surface area contributed by atoms with E-state index in [1.807, 2.05) is 19.1 Å². The van der Waals surface area contributed by atoms with Gasteiger partial charge < -0.3 is 5.32 Å². The predicted molar refractivity (Wildman–Crippen MR) is 77.4 cm³/mol. The third kappa shape index (κ3) is 3.57. The van der Waals surface area contributed by atoms with E-state index >= 15 is 0 Å². The second kappa shape index (κ2) is 5.03. The zero-order chi connectivity index (χ0) is 13.3. The minimum absolute atomic E-state index is 0.0870. The van der Waals surface area contributed by atoms with E-state index in [1.54, 1.807) is 6.07 Å². The number of rotatable bonds is 4. The first-order valence-electron chi connectivity index (χ1n) is 5.34. The quantitative estimate of drug-likeness (QED) is 0.943. The Morgan fingerprint density at radius 3 is 2.89 bits per heavy atom. The number of nitrogens with zero attached hydrogens (tertiary/aromatic N) is 1. The Morgan fingerprint density at radius 1 is 1.50 bits per heavy atom. The van der Waals surface area contributed by atoms with Gasteiger partial charge in [-0.1, -0.05) is 22.9 Å². The molecule has 0 aliphatic carbocycles. The fourth-order valence-electron chi connectivity index (χ4n) is 1.67. The molecule has 0 saturated heterocycles. The fraction of sp³-hybridized carbons (Fsp3) is 0.364. The third-order valence-corrected chi connectivity index (χ3v) is 4.58. The van der Waals surface area contributed by atoms with Gasteiger partial charge in [-0.3, -0.25) is 0 Å². The van der Waals surface area contributed by atoms with Gasteiger partial charge in [0.2, 0.25) is 0 Å². The van der Waals surface area contributed by atoms with Crippen molar-refractivity contribution in [3.05, 3.63) is 23.2 Å². The Morgan fingerprint density at radius 2 is 2.22 bits per heavy atom. The smallest absolute Gasteiger partial charge is 0.184 e. The van der Waals surface area contributed by atoms with Gasteiger partial charge in [0.05, 0.1) is 16.0 Å². The largest absolute Gasteiger partial charge is 0.358 e. The molecule has 0 amide bonds. The van der Waals surface area contributed by atoms with Gasteiger partial charge in [-0.25, -0.2) is 13.4 Å². The lowest BCUT2D eigenvalue weighted by molar-refractivity contribution is 0.598. The van der Waals surface area contributed by atoms with Gasteiger partial charge in [0, 0.05) is 17.3 Å². The van der Waals surface area contributed by atoms with Gasteiger partial charge in [-0.15, -0.1) is 0 Å². The minimum Gasteiger partial charge on any atom is -0.358 e. The highest BCUT2D eigenvalue weighted by Crippen LogP contribution is 2.28. The number of hydrogen-bond acceptors (Lipinski definition) is 5. The SMILES string of the molecule is CC(CS(C)(=O)=O)Nc1nc2cc(Cl)ccc2s1. The van der Waals surface area contributed by atoms with Crippen LogP contribution in [0.3, 0.4) is 0 Å². The summed E-state index contributed by atoms with van der Waals surface area (Å²) >= 11 is 7.37. The topological polar surface area (TPSA) is 59.1 Å². The summed E-state index contributed by atoms with van der Waals surface area (Å²) < 4.78 is 23.4. The molecular formula is C11H13ClN2O2S2. The van der Waals surface area contributed by atoms with Crippen LogP contribution in [0.25, 0.3) is 10.2 Å². The molecule has 2 rings (SSSR count). The second-order valence-corrected chi connectivity index (χ2v) is 7.92. The predicted octanol–water partition coefficient (Wildman–Crippen LogP) is 2.79. The van der Waals surface area contributed by atoms with E-state index in [0.717, 1.165) is 10.2 Å². The maximum atomic E-state index is 11.2. The molecule has 0 spiro atoms. The van der Waals surface area contributed by atoms with E-state index in [-0.39, 0.29) is 11.8 Å². The van der Waals surface area contributed by atoms with Gasteiger partial charge in [0.1, 0.15) is 9.84 Å². The molecule has 18 heavy (non-hydrogen) atoms. The number of benzene rings is 1. The monoisotopic (exact) mass is 304 g/mol. The molecule has 2 aromatic rings. The van der Waals surface area contributed by atoms with Crippen LogP contribution in [0.5, 0.6) is 0 Å². The van der Waals surface area contributed by atoms with E-state index in [4.69, 9.17) is 11.6 Å². The molecule has 1 unspecified atom stereocenters. The molecule has 98 valence electrons. The fourth-order valence-corrected chi connectivity index (χ4v) is 3.78. The van der Waals surface area contributed by atoms with Gasteiger partial charge in [0.15, 0.2) is 5.13 Å². The first kappa shape index (κ1) is 13.6. The van der Waals surface area contributed by atoms with Crippen molar-refractivity contribution in [3.8, 4) is 0 Å². The summed E-state index contributed by atoms with van der Waals surface area (Å²) in [6.07, 6.45) is 1.23. The van der Waals surface area contributed by atoms with Crippen molar-refractivity contribution in [2.75, 3.05) is 17.3 Å². The maximum Gasteiger partial charge on any atom is 0.184 e. The van der Waals surface area contributed by atoms with Gasteiger partial charge in [-0.2, -0.15) is 0 Å². The third-order valence-electron chi connectivity index (χ3n) is 2.27. The molecule has 0 aliphatic rings. The summed E-state index contributed by atoms with van der Waals surface area (Å²) in [5.74, 6) is 0.0870. The second-order valence-electron chi connectivity index (χ2n) is 4.27. The van der Waals surface area contributed by atoms with Crippen molar-refractivity contribution in [1.82, 2.24) is 4.98 Å². The van der Waals surface area contributed by atoms with Gasteiger partial charge >= 0.3 is 0 Å². The molecule has 0 fully saturated rings. The van der Waals surface area contributed by atoms with Gasteiger partial charge in [-0.05, 0) is 25.1 Å². The summed E-state index contributed by atoms with van der Waals surface area (Å²) in [6.45, 7) is 1.82. The summed E-state index contributed by atoms with van der Waals surface area (Å²) in [4.78, 5) is 4.37. The highest BCUT2D eigenvalue weighted by Gasteiger charge is 2.12. The van der Waals surface area contributed by atoms with Crippen LogP contribution < -0.4 is 5.32 Å². The van der Waals surface area contributed by atoms with Crippen molar-refractivity contribution >= 4 is 48.1 Å². The summed E-state index contributed by atoms with van der Waals surface area (Å²) in [5.41, 5.74) is 0.821. The number of fused-ring (bicyclic) bond motifs is 1. The number of anilines is 1. The number of aromatic nitrogens is 1. The summed E-state index contributed by atoms with van der Waals surface area (Å²) in [7, 11) is -2.99. The maximum absolute atomic E-state index is 11.2. The van der Waals surface area contributed by atoms with Crippen LogP contribution in [-0.4, -0.2) is 31.5 Å². The van der Waals surface area contributed by atoms with Crippen LogP contribution in [-0.2, 0) is 9.84 Å². The molecule has 0 bridgehead atoms. The molecule has 1 aromatic carbocycles. The van der Waals surface area contributed by atoms with Crippen LogP contribution in [0.4, 0.5) is 5.13 Å². The first-order valence-corrected chi connectivity index (χ1v) is 8.59. The van der Waals surface area contributed by atoms with E-state index in [9.17, 15) is 8.42 Å². The lowest BCUT2D eigenvalue weighted by atomic mass is 10.3. The molecule has 4 nitrogen and oxygen atoms in total. The van der Waals surface area contributed by atoms with Crippen LogP contribution >= 0.6 is 22.9 Å². The molecular weight excluding hydrogens is 292 g/mol. The molecule has 0 radical (unpaired) electrons. The number of hydrogen-bond donors (Lipinski definition) is 1. The highest BCUT2D eigenvalue weighted by atomic mass is 35.5. The lowest BCUT2D eigenvalue weighted by Crippen LogP contribution is -2.24. The lowest BCUT2D eigenvalue weighted by Gasteiger charge is -2.10. The molecule has 1 heterocycles. The molecule has 0 saturated carbocycles. The number of sulfone groups is 1. The standard InChI is InChI=1S/C11H13ClN2O2S2/c1-7(6-18(2,15)16)13-11-14-9-5-8(12)3-4-10(9)17-11/h3-5,7H,6H2,1-2H3,(H,13,14). The van der Waals surface area contributed by atoms with Crippen molar-refractivity contribution < 1.29 is 8.42 Å². The molecule has 7 heteroatoms. The van der Waals surface area contributed by atoms with Crippen molar-refractivity contribution in [2.24, 2.45) is 0 Å². The van der Waals surface area contributed by atoms with E-state index in [0.29, 0.717) is 10.2 Å². The normalized spacial score (nSPS) is 13.7. The summed E-state index contributed by atoms with van der Waals surface area (Å²) in [6, 6.07) is 5.34. The molecule has 1 atom stereocenters. The average molecular weight is 305 g/mol. The van der Waals surface area contributed by atoms with Crippen molar-refractivity contribution in [1.29, 1.82) is 0 Å². The number of thiazole rings is 1. The Kier molecular flexibility index (Phi) is 3.79. The van der Waals surface area contributed by atoms with Crippen LogP contribution in [0.1, 0.15) is 6.92 Å². The minimum atomic E-state index is -2.99. The van der Waals surface area contributed by atoms with Crippen LogP contribution in [0.15, 0.2) is 18.2 Å². The zero-order valence-corrected chi connectivity index (χ0v) is 12.4. The molecule has 1 aromatic heterocycles. The first-order chi connectivity index (χ1) is 8.33. The Hall–Kier alpha value is -0.850. The highest BCUT2D eigenvalue weighted by molar-refractivity contribution is 7.90. The zero-order valence-electron chi connectivity index (χ0n) is 9.97. The Balaban J connectivity index is 2.17. The van der Waals surface area contributed by atoms with Crippen LogP contribution in [0.2, 0.25) is 5.02 Å². The number of halogens is 1. The van der Waals surface area contributed by atoms with Crippen molar-refractivity contribution in [3.63, 3.8) is 0 Å².